The number of carboxylic acids is 1. The number of aryl methyl sites for hydroxylation is 4. The smallest absolute Gasteiger partial charge is 0.416 e. The van der Waals surface area contributed by atoms with Crippen LogP contribution in [0.25, 0.3) is 11.1 Å². The Labute approximate surface area is 296 Å². The predicted octanol–water partition coefficient (Wildman–Crippen LogP) is 8.04. The van der Waals surface area contributed by atoms with Crippen LogP contribution in [-0.4, -0.2) is 26.5 Å². The highest BCUT2D eigenvalue weighted by Crippen LogP contribution is 2.38. The quantitative estimate of drug-likeness (QED) is 0.114. The van der Waals surface area contributed by atoms with Gasteiger partial charge in [0.05, 0.1) is 23.6 Å². The molecule has 0 fully saturated rings. The van der Waals surface area contributed by atoms with E-state index in [1.54, 1.807) is 32.0 Å². The van der Waals surface area contributed by atoms with Crippen molar-refractivity contribution >= 4 is 11.9 Å². The summed E-state index contributed by atoms with van der Waals surface area (Å²) in [6.45, 7) is 7.81. The average Bonchev–Trinajstić information content (AvgIpc) is 3.04. The van der Waals surface area contributed by atoms with Crippen molar-refractivity contribution in [2.75, 3.05) is 0 Å². The number of carbonyl (C=O) groups is 2. The molecule has 2 atom stereocenters. The van der Waals surface area contributed by atoms with Crippen molar-refractivity contribution in [1.82, 2.24) is 14.9 Å². The van der Waals surface area contributed by atoms with Crippen LogP contribution in [0.3, 0.4) is 0 Å². The number of pyridine rings is 2. The molecule has 4 aromatic rings. The summed E-state index contributed by atoms with van der Waals surface area (Å²) in [5, 5.41) is 12.2. The highest BCUT2D eigenvalue weighted by atomic mass is 19.4. The monoisotopic (exact) mass is 725 g/mol. The normalized spacial score (nSPS) is 12.6. The van der Waals surface area contributed by atoms with E-state index < -0.39 is 70.7 Å². The molecule has 2 aromatic heterocycles. The van der Waals surface area contributed by atoms with Gasteiger partial charge in [0.1, 0.15) is 23.5 Å². The van der Waals surface area contributed by atoms with Crippen LogP contribution in [0.15, 0.2) is 59.7 Å². The van der Waals surface area contributed by atoms with Gasteiger partial charge >= 0.3 is 12.1 Å². The maximum absolute atomic E-state index is 16.6. The van der Waals surface area contributed by atoms with Crippen LogP contribution in [0.1, 0.15) is 84.8 Å². The fourth-order valence-electron chi connectivity index (χ4n) is 6.27. The molecular formula is C39H37F6N3O4. The van der Waals surface area contributed by atoms with Crippen LogP contribution in [0.5, 0.6) is 0 Å². The van der Waals surface area contributed by atoms with Gasteiger partial charge in [-0.05, 0) is 98.5 Å². The average molecular weight is 726 g/mol. The van der Waals surface area contributed by atoms with Gasteiger partial charge in [-0.15, -0.1) is 5.92 Å². The minimum atomic E-state index is -4.90. The number of alkyl halides is 3. The number of aliphatic carboxylic acids is 1. The highest BCUT2D eigenvalue weighted by molar-refractivity contribution is 5.82. The zero-order valence-electron chi connectivity index (χ0n) is 29.1. The molecule has 2 aromatic carbocycles. The third-order valence-corrected chi connectivity index (χ3v) is 8.48. The van der Waals surface area contributed by atoms with Gasteiger partial charge in [0.25, 0.3) is 5.56 Å². The van der Waals surface area contributed by atoms with Crippen LogP contribution >= 0.6 is 0 Å². The Balaban J connectivity index is 1.87. The lowest BCUT2D eigenvalue weighted by Crippen LogP contribution is -2.41. The van der Waals surface area contributed by atoms with E-state index in [1.165, 1.54) is 27.0 Å². The molecule has 0 aliphatic heterocycles. The number of rotatable bonds is 12. The van der Waals surface area contributed by atoms with E-state index >= 15 is 8.78 Å². The third-order valence-electron chi connectivity index (χ3n) is 8.48. The van der Waals surface area contributed by atoms with Gasteiger partial charge in [-0.1, -0.05) is 25.8 Å². The molecule has 0 unspecified atom stereocenters. The van der Waals surface area contributed by atoms with Crippen LogP contribution in [-0.2, 0) is 28.6 Å². The maximum Gasteiger partial charge on any atom is 0.416 e. The molecule has 52 heavy (non-hydrogen) atoms. The summed E-state index contributed by atoms with van der Waals surface area (Å²) in [6, 6.07) is 5.38. The van der Waals surface area contributed by atoms with E-state index in [4.69, 9.17) is 0 Å². The summed E-state index contributed by atoms with van der Waals surface area (Å²) in [5.41, 5.74) is -2.74. The summed E-state index contributed by atoms with van der Waals surface area (Å²) in [6.07, 6.45) is -3.72. The van der Waals surface area contributed by atoms with Gasteiger partial charge in [-0.3, -0.25) is 19.4 Å². The lowest BCUT2D eigenvalue weighted by Gasteiger charge is -2.27. The standard InChI is InChI=1S/C39H37F6N3O4/c1-6-9-24-17-28(34-22(4)15-26(40)16-23(34)5)37(42)35(36(24)41)30(19-33(50)51)47-38(52)31(14-21(2)3)48-20-25(11-12-27-10-7-8-13-46-27)29(18-32(48)49)39(43,44)45/h7-8,10,13,15-18,20-21,30-31H,11-12,14,19H2,1-5H3,(H,47,52)(H,50,51)/t30-,31-/m1/s1. The number of nitrogens with one attached hydrogen (secondary N) is 1. The maximum atomic E-state index is 16.6. The van der Waals surface area contributed by atoms with Crippen LogP contribution in [0.2, 0.25) is 0 Å². The molecule has 274 valence electrons. The second-order valence-corrected chi connectivity index (χ2v) is 12.9. The van der Waals surface area contributed by atoms with Crippen molar-refractivity contribution in [3.8, 4) is 23.0 Å². The minimum Gasteiger partial charge on any atom is -0.481 e. The van der Waals surface area contributed by atoms with Gasteiger partial charge in [-0.2, -0.15) is 13.2 Å². The number of amides is 1. The van der Waals surface area contributed by atoms with E-state index in [0.717, 1.165) is 29.0 Å². The van der Waals surface area contributed by atoms with Gasteiger partial charge in [0.2, 0.25) is 5.91 Å². The Bertz CT molecular complexity index is 2080. The van der Waals surface area contributed by atoms with Crippen molar-refractivity contribution < 1.29 is 41.0 Å². The molecule has 13 heteroatoms. The number of hydrogen-bond acceptors (Lipinski definition) is 4. The summed E-state index contributed by atoms with van der Waals surface area (Å²) < 4.78 is 90.1. The molecule has 0 saturated heterocycles. The van der Waals surface area contributed by atoms with Crippen LogP contribution in [0, 0.1) is 49.1 Å². The molecule has 1 amide bonds. The fraction of sp³-hybridized carbons (Fsp3) is 0.333. The Morgan fingerprint density at radius 2 is 1.67 bits per heavy atom. The number of aromatic nitrogens is 2. The van der Waals surface area contributed by atoms with E-state index in [9.17, 15) is 37.1 Å². The van der Waals surface area contributed by atoms with Crippen molar-refractivity contribution in [1.29, 1.82) is 0 Å². The molecule has 0 spiro atoms. The topological polar surface area (TPSA) is 101 Å². The van der Waals surface area contributed by atoms with Crippen molar-refractivity contribution in [3.05, 3.63) is 122 Å². The molecule has 0 aliphatic carbocycles. The first-order valence-corrected chi connectivity index (χ1v) is 16.4. The Morgan fingerprint density at radius 3 is 2.23 bits per heavy atom. The molecule has 0 radical (unpaired) electrons. The van der Waals surface area contributed by atoms with Crippen molar-refractivity contribution in [2.45, 2.75) is 78.6 Å². The predicted molar refractivity (Wildman–Crippen MR) is 183 cm³/mol. The zero-order chi connectivity index (χ0) is 38.5. The number of carbonyl (C=O) groups excluding carboxylic acids is 1. The SMILES string of the molecule is CC#Cc1cc(-c2c(C)cc(F)cc2C)c(F)c([C@@H](CC(=O)O)NC(=O)[C@@H](CC(C)C)n2cc(CCc3ccccn3)c(C(F)(F)F)cc2=O)c1F. The van der Waals surface area contributed by atoms with Crippen LogP contribution in [0.4, 0.5) is 26.3 Å². The molecule has 0 aliphatic rings. The number of nitrogens with zero attached hydrogens (tertiary/aromatic N) is 2. The molecule has 7 nitrogen and oxygen atoms in total. The third kappa shape index (κ3) is 9.09. The van der Waals surface area contributed by atoms with Crippen molar-refractivity contribution in [3.63, 3.8) is 0 Å². The van der Waals surface area contributed by atoms with Gasteiger partial charge in [0.15, 0.2) is 0 Å². The summed E-state index contributed by atoms with van der Waals surface area (Å²) in [7, 11) is 0. The summed E-state index contributed by atoms with van der Waals surface area (Å²) >= 11 is 0. The van der Waals surface area contributed by atoms with Gasteiger partial charge < -0.3 is 15.0 Å². The minimum absolute atomic E-state index is 0.0781. The van der Waals surface area contributed by atoms with Gasteiger partial charge in [0, 0.05) is 35.3 Å². The summed E-state index contributed by atoms with van der Waals surface area (Å²) in [4.78, 5) is 43.6. The number of halogens is 6. The Morgan fingerprint density at radius 1 is 1.00 bits per heavy atom. The Kier molecular flexibility index (Phi) is 12.4. The molecule has 4 rings (SSSR count). The molecule has 0 saturated carbocycles. The summed E-state index contributed by atoms with van der Waals surface area (Å²) in [5.74, 6) is -0.954. The molecule has 2 heterocycles. The second-order valence-electron chi connectivity index (χ2n) is 12.9. The number of hydrogen-bond donors (Lipinski definition) is 2. The number of benzene rings is 2. The lowest BCUT2D eigenvalue weighted by atomic mass is 9.89. The van der Waals surface area contributed by atoms with Crippen molar-refractivity contribution in [2.24, 2.45) is 5.92 Å². The van der Waals surface area contributed by atoms with Gasteiger partial charge in [-0.25, -0.2) is 13.2 Å². The highest BCUT2D eigenvalue weighted by Gasteiger charge is 2.36. The van der Waals surface area contributed by atoms with E-state index in [2.05, 4.69) is 22.1 Å². The lowest BCUT2D eigenvalue weighted by molar-refractivity contribution is -0.139. The first-order chi connectivity index (χ1) is 24.4. The first-order valence-electron chi connectivity index (χ1n) is 16.4. The fourth-order valence-corrected chi connectivity index (χ4v) is 6.27. The molecule has 2 N–H and O–H groups in total. The molecule has 0 bridgehead atoms. The van der Waals surface area contributed by atoms with E-state index in [0.29, 0.717) is 22.9 Å². The second kappa shape index (κ2) is 16.3. The zero-order valence-corrected chi connectivity index (χ0v) is 29.1. The molecular weight excluding hydrogens is 688 g/mol. The van der Waals surface area contributed by atoms with E-state index in [-0.39, 0.29) is 47.4 Å². The Hall–Kier alpha value is -5.38. The van der Waals surface area contributed by atoms with Crippen LogP contribution < -0.4 is 10.9 Å². The van der Waals surface area contributed by atoms with E-state index in [1.807, 2.05) is 0 Å². The number of carboxylic acid groups (broad SMARTS) is 1. The first kappa shape index (κ1) is 39.4. The largest absolute Gasteiger partial charge is 0.481 e.